The van der Waals surface area contributed by atoms with Crippen LogP contribution in [0.3, 0.4) is 0 Å². The number of carbonyl (C=O) groups excluding carboxylic acids is 1. The normalized spacial score (nSPS) is 21.7. The van der Waals surface area contributed by atoms with E-state index in [1.54, 1.807) is 0 Å². The summed E-state index contributed by atoms with van der Waals surface area (Å²) in [6.45, 7) is 5.46. The molecule has 0 radical (unpaired) electrons. The molecule has 0 unspecified atom stereocenters. The first-order valence-corrected chi connectivity index (χ1v) is 6.63. The van der Waals surface area contributed by atoms with Crippen LogP contribution in [0.1, 0.15) is 46.0 Å². The average molecular weight is 227 g/mol. The van der Waals surface area contributed by atoms with E-state index in [9.17, 15) is 4.79 Å². The van der Waals surface area contributed by atoms with E-state index in [0.717, 1.165) is 26.1 Å². The second-order valence-corrected chi connectivity index (χ2v) is 4.48. The van der Waals surface area contributed by atoms with Crippen LogP contribution in [-0.2, 0) is 9.53 Å². The van der Waals surface area contributed by atoms with E-state index in [1.807, 2.05) is 25.8 Å². The molecule has 3 heteroatoms. The van der Waals surface area contributed by atoms with E-state index >= 15 is 0 Å². The van der Waals surface area contributed by atoms with Gasteiger partial charge >= 0.3 is 0 Å². The van der Waals surface area contributed by atoms with Crippen molar-refractivity contribution in [3.8, 4) is 0 Å². The van der Waals surface area contributed by atoms with Crippen molar-refractivity contribution in [2.24, 2.45) is 5.92 Å². The van der Waals surface area contributed by atoms with Gasteiger partial charge in [-0.15, -0.1) is 0 Å². The zero-order valence-electron chi connectivity index (χ0n) is 10.9. The Morgan fingerprint density at radius 2 is 1.69 bits per heavy atom. The molecule has 1 saturated heterocycles. The fourth-order valence-corrected chi connectivity index (χ4v) is 2.26. The van der Waals surface area contributed by atoms with Crippen LogP contribution in [0.25, 0.3) is 0 Å². The van der Waals surface area contributed by atoms with E-state index in [0.29, 0.717) is 17.9 Å². The number of nitrogens with zero attached hydrogens (tertiary/aromatic N) is 1. The molecular formula is C13H25NO2. The summed E-state index contributed by atoms with van der Waals surface area (Å²) in [4.78, 5) is 13.9. The Hall–Kier alpha value is -0.570. The van der Waals surface area contributed by atoms with E-state index in [2.05, 4.69) is 0 Å². The smallest absolute Gasteiger partial charge is 0.225 e. The van der Waals surface area contributed by atoms with Crippen molar-refractivity contribution in [2.45, 2.75) is 52.0 Å². The SMILES string of the molecule is CC.CN(C(=O)C1CCCCC1)C1COC1. The summed E-state index contributed by atoms with van der Waals surface area (Å²) in [5, 5.41) is 0. The van der Waals surface area contributed by atoms with Gasteiger partial charge in [-0.2, -0.15) is 0 Å². The Bertz CT molecular complexity index is 204. The van der Waals surface area contributed by atoms with E-state index in [4.69, 9.17) is 4.74 Å². The molecule has 2 aliphatic rings. The third-order valence-electron chi connectivity index (χ3n) is 3.47. The number of hydrogen-bond donors (Lipinski definition) is 0. The summed E-state index contributed by atoms with van der Waals surface area (Å²) >= 11 is 0. The topological polar surface area (TPSA) is 29.5 Å². The zero-order valence-corrected chi connectivity index (χ0v) is 10.9. The number of ether oxygens (including phenoxy) is 1. The predicted molar refractivity (Wildman–Crippen MR) is 65.3 cm³/mol. The molecule has 2 fully saturated rings. The molecule has 0 aromatic carbocycles. The van der Waals surface area contributed by atoms with Gasteiger partial charge in [0.05, 0.1) is 19.3 Å². The number of hydrogen-bond acceptors (Lipinski definition) is 2. The average Bonchev–Trinajstić information content (AvgIpc) is 2.29. The Kier molecular flexibility index (Phi) is 5.81. The number of likely N-dealkylation sites (N-methyl/N-ethyl adjacent to an activating group) is 1. The summed E-state index contributed by atoms with van der Waals surface area (Å²) in [5.74, 6) is 0.646. The summed E-state index contributed by atoms with van der Waals surface area (Å²) in [6.07, 6.45) is 5.95. The van der Waals surface area contributed by atoms with Gasteiger partial charge in [0.1, 0.15) is 0 Å². The monoisotopic (exact) mass is 227 g/mol. The fraction of sp³-hybridized carbons (Fsp3) is 0.923. The van der Waals surface area contributed by atoms with Gasteiger partial charge in [0.25, 0.3) is 0 Å². The third-order valence-corrected chi connectivity index (χ3v) is 3.47. The Labute approximate surface area is 99.1 Å². The minimum Gasteiger partial charge on any atom is -0.377 e. The minimum atomic E-state index is 0.300. The lowest BCUT2D eigenvalue weighted by molar-refractivity contribution is -0.147. The highest BCUT2D eigenvalue weighted by Gasteiger charge is 2.31. The molecule has 1 saturated carbocycles. The lowest BCUT2D eigenvalue weighted by Gasteiger charge is -2.37. The predicted octanol–water partition coefficient (Wildman–Crippen LogP) is 2.45. The lowest BCUT2D eigenvalue weighted by Crippen LogP contribution is -2.51. The number of amides is 1. The second-order valence-electron chi connectivity index (χ2n) is 4.48. The first-order chi connectivity index (χ1) is 7.79. The van der Waals surface area contributed by atoms with Crippen LogP contribution in [0.15, 0.2) is 0 Å². The highest BCUT2D eigenvalue weighted by molar-refractivity contribution is 5.79. The largest absolute Gasteiger partial charge is 0.377 e. The van der Waals surface area contributed by atoms with Crippen LogP contribution < -0.4 is 0 Å². The van der Waals surface area contributed by atoms with Crippen molar-refractivity contribution in [1.82, 2.24) is 4.90 Å². The maximum absolute atomic E-state index is 12.0. The maximum atomic E-state index is 12.0. The van der Waals surface area contributed by atoms with Crippen molar-refractivity contribution in [2.75, 3.05) is 20.3 Å². The Balaban J connectivity index is 0.000000606. The van der Waals surface area contributed by atoms with Crippen LogP contribution in [0.5, 0.6) is 0 Å². The molecule has 1 heterocycles. The molecule has 16 heavy (non-hydrogen) atoms. The van der Waals surface area contributed by atoms with Crippen molar-refractivity contribution >= 4 is 5.91 Å². The molecule has 0 aromatic heterocycles. The first kappa shape index (κ1) is 13.5. The Morgan fingerprint density at radius 3 is 2.12 bits per heavy atom. The van der Waals surface area contributed by atoms with Crippen molar-refractivity contribution in [3.05, 3.63) is 0 Å². The highest BCUT2D eigenvalue weighted by Crippen LogP contribution is 2.26. The molecule has 0 spiro atoms. The molecule has 0 atom stereocenters. The quantitative estimate of drug-likeness (QED) is 0.725. The van der Waals surface area contributed by atoms with Gasteiger partial charge in [-0.25, -0.2) is 0 Å². The second kappa shape index (κ2) is 6.89. The van der Waals surface area contributed by atoms with Crippen molar-refractivity contribution in [3.63, 3.8) is 0 Å². The zero-order chi connectivity index (χ0) is 12.0. The van der Waals surface area contributed by atoms with Crippen LogP contribution in [-0.4, -0.2) is 37.1 Å². The molecule has 94 valence electrons. The van der Waals surface area contributed by atoms with Crippen LogP contribution in [0.2, 0.25) is 0 Å². The van der Waals surface area contributed by atoms with Crippen molar-refractivity contribution < 1.29 is 9.53 Å². The molecule has 0 bridgehead atoms. The number of carbonyl (C=O) groups is 1. The standard InChI is InChI=1S/C11H19NO2.C2H6/c1-12(10-7-14-8-10)11(13)9-5-3-2-4-6-9;1-2/h9-10H,2-8H2,1H3;1-2H3. The van der Waals surface area contributed by atoms with E-state index in [-0.39, 0.29) is 0 Å². The first-order valence-electron chi connectivity index (χ1n) is 6.63. The molecular weight excluding hydrogens is 202 g/mol. The summed E-state index contributed by atoms with van der Waals surface area (Å²) in [6, 6.07) is 0.351. The van der Waals surface area contributed by atoms with Crippen molar-refractivity contribution in [1.29, 1.82) is 0 Å². The fourth-order valence-electron chi connectivity index (χ4n) is 2.26. The van der Waals surface area contributed by atoms with Gasteiger partial charge in [0, 0.05) is 13.0 Å². The van der Waals surface area contributed by atoms with Gasteiger partial charge in [-0.3, -0.25) is 4.79 Å². The third kappa shape index (κ3) is 3.21. The lowest BCUT2D eigenvalue weighted by atomic mass is 9.88. The van der Waals surface area contributed by atoms with Crippen LogP contribution >= 0.6 is 0 Å². The molecule has 1 aliphatic heterocycles. The number of rotatable bonds is 2. The molecule has 3 nitrogen and oxygen atoms in total. The van der Waals surface area contributed by atoms with Crippen LogP contribution in [0.4, 0.5) is 0 Å². The van der Waals surface area contributed by atoms with Crippen LogP contribution in [0, 0.1) is 5.92 Å². The van der Waals surface area contributed by atoms with E-state index < -0.39 is 0 Å². The van der Waals surface area contributed by atoms with Gasteiger partial charge in [-0.05, 0) is 12.8 Å². The molecule has 1 aliphatic carbocycles. The van der Waals surface area contributed by atoms with E-state index in [1.165, 1.54) is 19.3 Å². The summed E-state index contributed by atoms with van der Waals surface area (Å²) in [5.41, 5.74) is 0. The highest BCUT2D eigenvalue weighted by atomic mass is 16.5. The van der Waals surface area contributed by atoms with Gasteiger partial charge in [0.2, 0.25) is 5.91 Å². The van der Waals surface area contributed by atoms with Gasteiger partial charge < -0.3 is 9.64 Å². The Morgan fingerprint density at radius 1 is 1.12 bits per heavy atom. The minimum absolute atomic E-state index is 0.300. The van der Waals surface area contributed by atoms with Gasteiger partial charge in [-0.1, -0.05) is 33.1 Å². The molecule has 0 N–H and O–H groups in total. The molecule has 0 aromatic rings. The maximum Gasteiger partial charge on any atom is 0.225 e. The summed E-state index contributed by atoms with van der Waals surface area (Å²) < 4.78 is 5.10. The molecule has 2 rings (SSSR count). The van der Waals surface area contributed by atoms with Gasteiger partial charge in [0.15, 0.2) is 0 Å². The molecule has 1 amide bonds. The summed E-state index contributed by atoms with van der Waals surface area (Å²) in [7, 11) is 1.92.